The van der Waals surface area contributed by atoms with Gasteiger partial charge < -0.3 is 10.6 Å². The minimum atomic E-state index is -0.402. The summed E-state index contributed by atoms with van der Waals surface area (Å²) >= 11 is 0. The van der Waals surface area contributed by atoms with E-state index in [1.54, 1.807) is 0 Å². The largest absolute Gasteiger partial charge is 0.348 e. The van der Waals surface area contributed by atoms with Crippen LogP contribution in [0, 0.1) is 5.82 Å². The highest BCUT2D eigenvalue weighted by atomic mass is 35.5. The Hall–Kier alpha value is -2.25. The van der Waals surface area contributed by atoms with Gasteiger partial charge in [0.25, 0.3) is 11.5 Å². The fraction of sp³-hybridized carbons (Fsp3) is 0.353. The molecule has 1 fully saturated rings. The monoisotopic (exact) mass is 366 g/mol. The lowest BCUT2D eigenvalue weighted by Gasteiger charge is -2.28. The van der Waals surface area contributed by atoms with Crippen LogP contribution in [-0.4, -0.2) is 34.3 Å². The number of halogens is 2. The first-order chi connectivity index (χ1) is 11.5. The molecule has 134 valence electrons. The number of amides is 1. The van der Waals surface area contributed by atoms with Gasteiger partial charge in [-0.2, -0.15) is 9.78 Å². The van der Waals surface area contributed by atoms with Gasteiger partial charge in [-0.25, -0.2) is 4.39 Å². The Kier molecular flexibility index (Phi) is 6.27. The van der Waals surface area contributed by atoms with E-state index in [4.69, 9.17) is 0 Å². The normalized spacial score (nSPS) is 19.8. The number of benzene rings is 1. The fourth-order valence-electron chi connectivity index (χ4n) is 2.82. The van der Waals surface area contributed by atoms with E-state index >= 15 is 0 Å². The molecule has 6 nitrogen and oxygen atoms in total. The molecule has 25 heavy (non-hydrogen) atoms. The topological polar surface area (TPSA) is 76.0 Å². The lowest BCUT2D eigenvalue weighted by atomic mass is 10.0. The van der Waals surface area contributed by atoms with Crippen LogP contribution in [0.1, 0.15) is 30.3 Å². The Morgan fingerprint density at radius 1 is 1.28 bits per heavy atom. The number of hydrogen-bond acceptors (Lipinski definition) is 4. The molecule has 1 aliphatic rings. The maximum Gasteiger partial charge on any atom is 0.271 e. The van der Waals surface area contributed by atoms with E-state index in [1.165, 1.54) is 36.4 Å². The van der Waals surface area contributed by atoms with E-state index in [9.17, 15) is 14.0 Å². The number of hydrogen-bond donors (Lipinski definition) is 2. The summed E-state index contributed by atoms with van der Waals surface area (Å²) in [5.41, 5.74) is 0.185. The second kappa shape index (κ2) is 8.22. The molecule has 2 atom stereocenters. The third-order valence-corrected chi connectivity index (χ3v) is 4.06. The van der Waals surface area contributed by atoms with Crippen molar-refractivity contribution >= 4 is 18.3 Å². The third-order valence-electron chi connectivity index (χ3n) is 4.06. The molecule has 0 saturated carbocycles. The first-order valence-corrected chi connectivity index (χ1v) is 7.93. The molecular weight excluding hydrogens is 347 g/mol. The summed E-state index contributed by atoms with van der Waals surface area (Å²) in [4.78, 5) is 24.4. The number of nitrogens with zero attached hydrogens (tertiary/aromatic N) is 2. The highest BCUT2D eigenvalue weighted by molar-refractivity contribution is 5.92. The van der Waals surface area contributed by atoms with Gasteiger partial charge >= 0.3 is 0 Å². The average molecular weight is 367 g/mol. The van der Waals surface area contributed by atoms with Crippen molar-refractivity contribution in [2.24, 2.45) is 0 Å². The molecule has 1 saturated heterocycles. The van der Waals surface area contributed by atoms with Gasteiger partial charge in [0.15, 0.2) is 0 Å². The summed E-state index contributed by atoms with van der Waals surface area (Å²) in [6.45, 7) is 2.93. The van der Waals surface area contributed by atoms with Crippen molar-refractivity contribution in [1.82, 2.24) is 20.4 Å². The molecule has 2 heterocycles. The van der Waals surface area contributed by atoms with Crippen LogP contribution in [0.25, 0.3) is 5.69 Å². The maximum absolute atomic E-state index is 13.0. The van der Waals surface area contributed by atoms with Crippen molar-refractivity contribution in [3.63, 3.8) is 0 Å². The first-order valence-electron chi connectivity index (χ1n) is 7.93. The number of rotatable bonds is 3. The van der Waals surface area contributed by atoms with Gasteiger partial charge in [-0.15, -0.1) is 12.4 Å². The van der Waals surface area contributed by atoms with Gasteiger partial charge in [-0.05, 0) is 56.6 Å². The molecule has 0 spiro atoms. The molecule has 2 aromatic rings. The highest BCUT2D eigenvalue weighted by Gasteiger charge is 2.21. The Balaban J connectivity index is 0.00000225. The summed E-state index contributed by atoms with van der Waals surface area (Å²) < 4.78 is 14.1. The third kappa shape index (κ3) is 4.64. The van der Waals surface area contributed by atoms with E-state index in [1.807, 2.05) is 0 Å². The van der Waals surface area contributed by atoms with Crippen LogP contribution >= 0.6 is 12.4 Å². The standard InChI is InChI=1S/C17H19FN4O2.ClH/c1-11-10-13(8-9-19-11)20-17(24)15-6-7-16(23)22(21-15)14-4-2-12(18)3-5-14;/h2-7,11,13,19H,8-10H2,1H3,(H,20,24);1H. The average Bonchev–Trinajstić information content (AvgIpc) is 2.56. The van der Waals surface area contributed by atoms with Crippen molar-refractivity contribution in [2.75, 3.05) is 6.54 Å². The highest BCUT2D eigenvalue weighted by Crippen LogP contribution is 2.09. The molecule has 0 bridgehead atoms. The van der Waals surface area contributed by atoms with Crippen molar-refractivity contribution < 1.29 is 9.18 Å². The Labute approximate surface area is 150 Å². The molecule has 2 N–H and O–H groups in total. The van der Waals surface area contributed by atoms with Gasteiger partial charge in [0.1, 0.15) is 11.5 Å². The zero-order valence-electron chi connectivity index (χ0n) is 13.7. The molecule has 8 heteroatoms. The van der Waals surface area contributed by atoms with Crippen LogP contribution in [0.4, 0.5) is 4.39 Å². The van der Waals surface area contributed by atoms with Gasteiger partial charge in [0.2, 0.25) is 0 Å². The van der Waals surface area contributed by atoms with Crippen LogP contribution in [0.2, 0.25) is 0 Å². The summed E-state index contributed by atoms with van der Waals surface area (Å²) in [6.07, 6.45) is 1.71. The predicted octanol–water partition coefficient (Wildman–Crippen LogP) is 1.66. The zero-order chi connectivity index (χ0) is 17.1. The minimum absolute atomic E-state index is 0. The van der Waals surface area contributed by atoms with Crippen molar-refractivity contribution in [1.29, 1.82) is 0 Å². The summed E-state index contributed by atoms with van der Waals surface area (Å²) in [7, 11) is 0. The van der Waals surface area contributed by atoms with E-state index in [0.29, 0.717) is 11.7 Å². The lowest BCUT2D eigenvalue weighted by molar-refractivity contribution is 0.0918. The lowest BCUT2D eigenvalue weighted by Crippen LogP contribution is -2.47. The van der Waals surface area contributed by atoms with E-state index in [0.717, 1.165) is 24.1 Å². The van der Waals surface area contributed by atoms with Gasteiger partial charge in [-0.3, -0.25) is 9.59 Å². The quantitative estimate of drug-likeness (QED) is 0.866. The van der Waals surface area contributed by atoms with Crippen LogP contribution < -0.4 is 16.2 Å². The second-order valence-corrected chi connectivity index (χ2v) is 5.99. The molecule has 1 aromatic carbocycles. The number of carbonyl (C=O) groups excluding carboxylic acids is 1. The van der Waals surface area contributed by atoms with Crippen LogP contribution in [0.3, 0.4) is 0 Å². The molecule has 0 aliphatic carbocycles. The first kappa shape index (κ1) is 19.1. The predicted molar refractivity (Wildman–Crippen MR) is 95.0 cm³/mol. The van der Waals surface area contributed by atoms with Gasteiger partial charge in [0, 0.05) is 18.2 Å². The summed E-state index contributed by atoms with van der Waals surface area (Å²) in [6, 6.07) is 8.50. The molecule has 1 aromatic heterocycles. The maximum atomic E-state index is 13.0. The number of piperidine rings is 1. The summed E-state index contributed by atoms with van der Waals surface area (Å²) in [5.74, 6) is -0.717. The Morgan fingerprint density at radius 3 is 2.68 bits per heavy atom. The molecular formula is C17H20ClFN4O2. The minimum Gasteiger partial charge on any atom is -0.348 e. The van der Waals surface area contributed by atoms with E-state index in [-0.39, 0.29) is 35.6 Å². The molecule has 0 radical (unpaired) electrons. The number of nitrogens with one attached hydrogen (secondary N) is 2. The van der Waals surface area contributed by atoms with E-state index in [2.05, 4.69) is 22.7 Å². The molecule has 3 rings (SSSR count). The van der Waals surface area contributed by atoms with Crippen LogP contribution in [0.5, 0.6) is 0 Å². The Bertz CT molecular complexity index is 794. The fourth-order valence-corrected chi connectivity index (χ4v) is 2.82. The van der Waals surface area contributed by atoms with Crippen LogP contribution in [0.15, 0.2) is 41.2 Å². The van der Waals surface area contributed by atoms with Crippen LogP contribution in [-0.2, 0) is 0 Å². The molecule has 1 aliphatic heterocycles. The summed E-state index contributed by atoms with van der Waals surface area (Å²) in [5, 5.41) is 10.4. The smallest absolute Gasteiger partial charge is 0.271 e. The second-order valence-electron chi connectivity index (χ2n) is 5.99. The van der Waals surface area contributed by atoms with Crippen molar-refractivity contribution in [3.05, 3.63) is 58.3 Å². The Morgan fingerprint density at radius 2 is 2.00 bits per heavy atom. The van der Waals surface area contributed by atoms with E-state index < -0.39 is 5.82 Å². The number of aromatic nitrogens is 2. The number of carbonyl (C=O) groups is 1. The van der Waals surface area contributed by atoms with Crippen molar-refractivity contribution in [2.45, 2.75) is 31.8 Å². The van der Waals surface area contributed by atoms with Gasteiger partial charge in [-0.1, -0.05) is 0 Å². The molecule has 1 amide bonds. The van der Waals surface area contributed by atoms with Crippen molar-refractivity contribution in [3.8, 4) is 5.69 Å². The van der Waals surface area contributed by atoms with Gasteiger partial charge in [0.05, 0.1) is 5.69 Å². The molecule has 2 unspecified atom stereocenters. The zero-order valence-corrected chi connectivity index (χ0v) is 14.6. The SMILES string of the molecule is CC1CC(NC(=O)c2ccc(=O)n(-c3ccc(F)cc3)n2)CCN1.Cl.